The SMILES string of the molecule is CCN(C)S(=O)(=O)Nc1ccc(F)c(C(=O)c2c[nH]c3ncc(C4=CNC(C)(N5CCNCC5)N=C4)cc23)c1F. The zero-order valence-electron chi connectivity index (χ0n) is 22.3. The van der Waals surface area contributed by atoms with Crippen LogP contribution in [0.4, 0.5) is 14.5 Å². The maximum absolute atomic E-state index is 15.4. The van der Waals surface area contributed by atoms with Gasteiger partial charge in [-0.25, -0.2) is 13.8 Å². The summed E-state index contributed by atoms with van der Waals surface area (Å²) in [6.45, 7) is 7.16. The summed E-state index contributed by atoms with van der Waals surface area (Å²) < 4.78 is 58.0. The molecule has 2 aliphatic rings. The Bertz CT molecular complexity index is 1630. The van der Waals surface area contributed by atoms with E-state index in [1.165, 1.54) is 13.2 Å². The third-order valence-corrected chi connectivity index (χ3v) is 8.77. The van der Waals surface area contributed by atoms with Gasteiger partial charge in [0.05, 0.1) is 11.3 Å². The third-order valence-electron chi connectivity index (χ3n) is 7.21. The van der Waals surface area contributed by atoms with Crippen LogP contribution in [0, 0.1) is 11.6 Å². The molecule has 4 N–H and O–H groups in total. The van der Waals surface area contributed by atoms with Crippen LogP contribution in [0.15, 0.2) is 41.8 Å². The highest BCUT2D eigenvalue weighted by molar-refractivity contribution is 7.90. The third kappa shape index (κ3) is 5.10. The van der Waals surface area contributed by atoms with Crippen molar-refractivity contribution in [3.63, 3.8) is 0 Å². The normalized spacial score (nSPS) is 20.0. The van der Waals surface area contributed by atoms with Gasteiger partial charge in [0, 0.05) is 86.7 Å². The van der Waals surface area contributed by atoms with E-state index in [1.54, 1.807) is 25.4 Å². The van der Waals surface area contributed by atoms with Crippen LogP contribution < -0.4 is 15.4 Å². The minimum absolute atomic E-state index is 0.0141. The molecule has 212 valence electrons. The number of H-pyrrole nitrogens is 1. The van der Waals surface area contributed by atoms with Crippen molar-refractivity contribution in [3.05, 3.63) is 65.1 Å². The van der Waals surface area contributed by atoms with Crippen molar-refractivity contribution < 1.29 is 22.0 Å². The van der Waals surface area contributed by atoms with E-state index in [-0.39, 0.29) is 12.1 Å². The minimum atomic E-state index is -4.10. The summed E-state index contributed by atoms with van der Waals surface area (Å²) in [6, 6.07) is 3.48. The first kappa shape index (κ1) is 27.8. The molecule has 1 atom stereocenters. The van der Waals surface area contributed by atoms with Gasteiger partial charge in [0.1, 0.15) is 11.5 Å². The second-order valence-electron chi connectivity index (χ2n) is 9.72. The highest BCUT2D eigenvalue weighted by Gasteiger charge is 2.33. The van der Waals surface area contributed by atoms with Crippen LogP contribution >= 0.6 is 0 Å². The molecule has 1 unspecified atom stereocenters. The first-order valence-corrected chi connectivity index (χ1v) is 14.2. The van der Waals surface area contributed by atoms with Gasteiger partial charge in [0.15, 0.2) is 11.6 Å². The van der Waals surface area contributed by atoms with Gasteiger partial charge in [-0.15, -0.1) is 0 Å². The Morgan fingerprint density at radius 3 is 2.67 bits per heavy atom. The molecule has 1 saturated heterocycles. The van der Waals surface area contributed by atoms with Crippen LogP contribution in [0.2, 0.25) is 0 Å². The number of benzene rings is 1. The number of allylic oxidation sites excluding steroid dienone is 1. The van der Waals surface area contributed by atoms with Crippen LogP contribution in [-0.2, 0) is 10.2 Å². The molecular weight excluding hydrogens is 542 g/mol. The van der Waals surface area contributed by atoms with E-state index in [4.69, 9.17) is 4.99 Å². The van der Waals surface area contributed by atoms with Crippen molar-refractivity contribution in [2.24, 2.45) is 4.99 Å². The van der Waals surface area contributed by atoms with E-state index in [0.717, 1.165) is 48.2 Å². The molecule has 1 fully saturated rings. The van der Waals surface area contributed by atoms with Gasteiger partial charge in [0.2, 0.25) is 5.78 Å². The van der Waals surface area contributed by atoms with Crippen LogP contribution in [0.1, 0.15) is 35.3 Å². The summed E-state index contributed by atoms with van der Waals surface area (Å²) in [5, 5.41) is 7.02. The first-order valence-electron chi connectivity index (χ1n) is 12.8. The number of piperazine rings is 1. The number of carbonyl (C=O) groups excluding carboxylic acids is 1. The Morgan fingerprint density at radius 1 is 1.25 bits per heavy atom. The fourth-order valence-electron chi connectivity index (χ4n) is 4.63. The molecule has 1 aromatic carbocycles. The number of aromatic nitrogens is 2. The standard InChI is InChI=1S/C26H30F2N8O3S/c1-4-35(3)40(38,39)34-21-6-5-20(27)22(23(21)28)24(37)19-15-31-25-18(19)11-16(12-30-25)17-13-32-26(2,33-14-17)36-9-7-29-8-10-36/h5-6,11-15,29,32,34H,4,7-10H2,1-3H3,(H,30,31). The molecular formula is C26H30F2N8O3S. The molecule has 3 aromatic rings. The van der Waals surface area contributed by atoms with Crippen molar-refractivity contribution in [3.8, 4) is 0 Å². The number of carbonyl (C=O) groups is 1. The molecule has 14 heteroatoms. The molecule has 4 heterocycles. The van der Waals surface area contributed by atoms with E-state index in [1.807, 2.05) is 13.1 Å². The molecule has 0 spiro atoms. The van der Waals surface area contributed by atoms with Gasteiger partial charge in [-0.3, -0.25) is 19.4 Å². The molecule has 0 saturated carbocycles. The Labute approximate surface area is 230 Å². The fraction of sp³-hybridized carbons (Fsp3) is 0.346. The Balaban J connectivity index is 1.45. The average molecular weight is 573 g/mol. The smallest absolute Gasteiger partial charge is 0.301 e. The zero-order valence-corrected chi connectivity index (χ0v) is 23.1. The summed E-state index contributed by atoms with van der Waals surface area (Å²) >= 11 is 0. The zero-order chi connectivity index (χ0) is 28.7. The average Bonchev–Trinajstić information content (AvgIpc) is 3.38. The number of hydrogen-bond donors (Lipinski definition) is 4. The van der Waals surface area contributed by atoms with Gasteiger partial charge in [-0.1, -0.05) is 6.92 Å². The molecule has 2 aromatic heterocycles. The number of halogens is 2. The van der Waals surface area contributed by atoms with E-state index < -0.39 is 44.7 Å². The molecule has 0 amide bonds. The Hall–Kier alpha value is -3.72. The highest BCUT2D eigenvalue weighted by Crippen LogP contribution is 2.29. The summed E-state index contributed by atoms with van der Waals surface area (Å²) in [4.78, 5) is 27.6. The van der Waals surface area contributed by atoms with Gasteiger partial charge in [-0.05, 0) is 25.1 Å². The molecule has 0 bridgehead atoms. The second-order valence-corrected chi connectivity index (χ2v) is 11.5. The van der Waals surface area contributed by atoms with Gasteiger partial charge in [0.25, 0.3) is 0 Å². The summed E-state index contributed by atoms with van der Waals surface area (Å²) in [7, 11) is -2.80. The number of ketones is 1. The van der Waals surface area contributed by atoms with Crippen LogP contribution in [-0.4, -0.2) is 85.1 Å². The van der Waals surface area contributed by atoms with E-state index >= 15 is 4.39 Å². The van der Waals surface area contributed by atoms with Crippen LogP contribution in [0.5, 0.6) is 0 Å². The van der Waals surface area contributed by atoms with Crippen molar-refractivity contribution in [1.29, 1.82) is 0 Å². The van der Waals surface area contributed by atoms with Crippen molar-refractivity contribution in [2.75, 3.05) is 44.5 Å². The molecule has 0 radical (unpaired) electrons. The Kier molecular flexibility index (Phi) is 7.44. The lowest BCUT2D eigenvalue weighted by atomic mass is 10.00. The predicted molar refractivity (Wildman–Crippen MR) is 149 cm³/mol. The summed E-state index contributed by atoms with van der Waals surface area (Å²) in [5.41, 5.74) is 0.282. The van der Waals surface area contributed by atoms with Crippen molar-refractivity contribution in [2.45, 2.75) is 19.6 Å². The molecule has 5 rings (SSSR count). The molecule has 11 nitrogen and oxygen atoms in total. The number of nitrogens with zero attached hydrogens (tertiary/aromatic N) is 4. The van der Waals surface area contributed by atoms with E-state index in [9.17, 15) is 17.6 Å². The number of hydrogen-bond acceptors (Lipinski definition) is 8. The van der Waals surface area contributed by atoms with Gasteiger partial charge in [-0.2, -0.15) is 12.7 Å². The number of nitrogens with one attached hydrogen (secondary N) is 4. The van der Waals surface area contributed by atoms with Crippen molar-refractivity contribution >= 4 is 44.5 Å². The number of anilines is 1. The fourth-order valence-corrected chi connectivity index (χ4v) is 5.56. The summed E-state index contributed by atoms with van der Waals surface area (Å²) in [5.74, 6) is -3.98. The monoisotopic (exact) mass is 572 g/mol. The largest absolute Gasteiger partial charge is 0.355 e. The number of aromatic amines is 1. The maximum atomic E-state index is 15.4. The second kappa shape index (κ2) is 10.7. The first-order chi connectivity index (χ1) is 19.0. The van der Waals surface area contributed by atoms with Crippen LogP contribution in [0.25, 0.3) is 16.6 Å². The van der Waals surface area contributed by atoms with Gasteiger partial charge < -0.3 is 15.6 Å². The lowest BCUT2D eigenvalue weighted by molar-refractivity contribution is 0.0774. The highest BCUT2D eigenvalue weighted by atomic mass is 32.2. The molecule has 2 aliphatic heterocycles. The number of pyridine rings is 1. The van der Waals surface area contributed by atoms with E-state index in [0.29, 0.717) is 16.6 Å². The van der Waals surface area contributed by atoms with E-state index in [2.05, 4.69) is 30.2 Å². The predicted octanol–water partition coefficient (Wildman–Crippen LogP) is 2.27. The number of fused-ring (bicyclic) bond motifs is 1. The lowest BCUT2D eigenvalue weighted by Gasteiger charge is -2.42. The number of aliphatic imine (C=N–C) groups is 1. The molecule has 40 heavy (non-hydrogen) atoms. The molecule has 0 aliphatic carbocycles. The minimum Gasteiger partial charge on any atom is -0.355 e. The lowest BCUT2D eigenvalue weighted by Crippen LogP contribution is -2.60. The maximum Gasteiger partial charge on any atom is 0.301 e. The topological polar surface area (TPSA) is 135 Å². The van der Waals surface area contributed by atoms with Gasteiger partial charge >= 0.3 is 10.2 Å². The van der Waals surface area contributed by atoms with Crippen molar-refractivity contribution in [1.82, 2.24) is 29.8 Å². The van der Waals surface area contributed by atoms with Crippen LogP contribution in [0.3, 0.4) is 0 Å². The Morgan fingerprint density at radius 2 is 2.00 bits per heavy atom. The quantitative estimate of drug-likeness (QED) is 0.304. The number of rotatable bonds is 8. The summed E-state index contributed by atoms with van der Waals surface area (Å²) in [6.07, 6.45) is 6.50.